The van der Waals surface area contributed by atoms with E-state index in [4.69, 9.17) is 0 Å². The summed E-state index contributed by atoms with van der Waals surface area (Å²) in [5.74, 6) is -0.0141. The molecule has 0 unspecified atom stereocenters. The molecule has 0 heterocycles. The molecule has 0 saturated carbocycles. The number of hydrogen-bond donors (Lipinski definition) is 1. The molecule has 2 aromatic carbocycles. The van der Waals surface area contributed by atoms with Crippen LogP contribution in [0.1, 0.15) is 11.1 Å². The Morgan fingerprint density at radius 2 is 1.55 bits per heavy atom. The van der Waals surface area contributed by atoms with Crippen molar-refractivity contribution in [2.45, 2.75) is 17.2 Å². The Morgan fingerprint density at radius 3 is 2.15 bits per heavy atom. The van der Waals surface area contributed by atoms with Crippen molar-refractivity contribution in [2.24, 2.45) is 0 Å². The van der Waals surface area contributed by atoms with E-state index in [9.17, 15) is 13.2 Å². The zero-order valence-corrected chi connectivity index (χ0v) is 11.6. The van der Waals surface area contributed by atoms with Crippen LogP contribution in [0.25, 0.3) is 0 Å². The lowest BCUT2D eigenvalue weighted by Gasteiger charge is -2.06. The zero-order chi connectivity index (χ0) is 14.4. The Kier molecular flexibility index (Phi) is 4.53. The molecule has 1 amide bonds. The molecule has 20 heavy (non-hydrogen) atoms. The van der Waals surface area contributed by atoms with Crippen molar-refractivity contribution in [3.05, 3.63) is 65.7 Å². The summed E-state index contributed by atoms with van der Waals surface area (Å²) in [4.78, 5) is 10.5. The minimum Gasteiger partial charge on any atom is -0.355 e. The van der Waals surface area contributed by atoms with Crippen LogP contribution in [0.4, 0.5) is 0 Å². The van der Waals surface area contributed by atoms with Gasteiger partial charge in [-0.25, -0.2) is 8.42 Å². The molecule has 2 rings (SSSR count). The van der Waals surface area contributed by atoms with Crippen LogP contribution in [-0.2, 0) is 26.9 Å². The van der Waals surface area contributed by atoms with Gasteiger partial charge in [0.1, 0.15) is 0 Å². The molecule has 4 nitrogen and oxygen atoms in total. The van der Waals surface area contributed by atoms with Gasteiger partial charge in [0, 0.05) is 6.54 Å². The largest absolute Gasteiger partial charge is 0.355 e. The summed E-state index contributed by atoms with van der Waals surface area (Å²) in [7, 11) is -3.34. The lowest BCUT2D eigenvalue weighted by molar-refractivity contribution is -0.109. The Morgan fingerprint density at radius 1 is 0.900 bits per heavy atom. The van der Waals surface area contributed by atoms with Crippen molar-refractivity contribution in [1.29, 1.82) is 0 Å². The minimum atomic E-state index is -3.34. The number of nitrogens with one attached hydrogen (secondary N) is 1. The predicted octanol–water partition coefficient (Wildman–Crippen LogP) is 1.91. The second-order valence-corrected chi connectivity index (χ2v) is 6.38. The molecule has 0 aliphatic rings. The average Bonchev–Trinajstić information content (AvgIpc) is 2.46. The average molecular weight is 289 g/mol. The first kappa shape index (κ1) is 14.3. The highest BCUT2D eigenvalue weighted by Gasteiger charge is 2.14. The van der Waals surface area contributed by atoms with Crippen molar-refractivity contribution in [2.75, 3.05) is 0 Å². The van der Waals surface area contributed by atoms with Crippen molar-refractivity contribution in [3.8, 4) is 0 Å². The number of sulfone groups is 1. The van der Waals surface area contributed by atoms with Crippen molar-refractivity contribution in [3.63, 3.8) is 0 Å². The van der Waals surface area contributed by atoms with Gasteiger partial charge in [0.2, 0.25) is 6.41 Å². The zero-order valence-electron chi connectivity index (χ0n) is 10.8. The number of rotatable bonds is 6. The van der Waals surface area contributed by atoms with Gasteiger partial charge in [-0.15, -0.1) is 0 Å². The molecule has 5 heteroatoms. The minimum absolute atomic E-state index is 0.0141. The molecule has 0 radical (unpaired) electrons. The van der Waals surface area contributed by atoms with E-state index in [1.54, 1.807) is 36.4 Å². The van der Waals surface area contributed by atoms with Gasteiger partial charge in [-0.05, 0) is 23.3 Å². The maximum atomic E-state index is 12.3. The molecular formula is C15H15NO3S. The van der Waals surface area contributed by atoms with E-state index in [1.165, 1.54) is 0 Å². The Balaban J connectivity index is 2.15. The number of carbonyl (C=O) groups is 1. The highest BCUT2D eigenvalue weighted by molar-refractivity contribution is 7.90. The topological polar surface area (TPSA) is 63.2 Å². The Labute approximate surface area is 118 Å². The van der Waals surface area contributed by atoms with Gasteiger partial charge >= 0.3 is 0 Å². The summed E-state index contributed by atoms with van der Waals surface area (Å²) in [5, 5.41) is 2.53. The van der Waals surface area contributed by atoms with Gasteiger partial charge in [-0.2, -0.15) is 0 Å². The van der Waals surface area contributed by atoms with Gasteiger partial charge in [0.25, 0.3) is 0 Å². The summed E-state index contributed by atoms with van der Waals surface area (Å²) >= 11 is 0. The first-order valence-electron chi connectivity index (χ1n) is 6.14. The van der Waals surface area contributed by atoms with Crippen molar-refractivity contribution >= 4 is 16.2 Å². The summed E-state index contributed by atoms with van der Waals surface area (Å²) in [6.07, 6.45) is 0.611. The monoisotopic (exact) mass is 289 g/mol. The van der Waals surface area contributed by atoms with Crippen LogP contribution >= 0.6 is 0 Å². The summed E-state index contributed by atoms with van der Waals surface area (Å²) in [5.41, 5.74) is 1.62. The number of benzene rings is 2. The fraction of sp³-hybridized carbons (Fsp3) is 0.133. The maximum absolute atomic E-state index is 12.3. The van der Waals surface area contributed by atoms with Crippen LogP contribution in [0.15, 0.2) is 59.5 Å². The highest BCUT2D eigenvalue weighted by Crippen LogP contribution is 2.17. The molecular weight excluding hydrogens is 274 g/mol. The molecule has 0 aliphatic carbocycles. The molecule has 0 fully saturated rings. The van der Waals surface area contributed by atoms with Crippen LogP contribution < -0.4 is 5.32 Å². The maximum Gasteiger partial charge on any atom is 0.207 e. The Bertz CT molecular complexity index is 664. The second-order valence-electron chi connectivity index (χ2n) is 4.39. The van der Waals surface area contributed by atoms with Crippen molar-refractivity contribution < 1.29 is 13.2 Å². The molecule has 0 atom stereocenters. The normalized spacial score (nSPS) is 11.0. The number of amides is 1. The third-order valence-corrected chi connectivity index (χ3v) is 4.58. The fourth-order valence-electron chi connectivity index (χ4n) is 1.85. The second kappa shape index (κ2) is 6.34. The van der Waals surface area contributed by atoms with Gasteiger partial charge in [0.15, 0.2) is 9.84 Å². The highest BCUT2D eigenvalue weighted by atomic mass is 32.2. The summed E-state index contributed by atoms with van der Waals surface area (Å²) < 4.78 is 24.5. The standard InChI is InChI=1S/C15H15NO3S/c17-12-16-10-13-6-8-15(9-7-13)20(18,19)11-14-4-2-1-3-5-14/h1-9,12H,10-11H2,(H,16,17). The SMILES string of the molecule is O=CNCc1ccc(S(=O)(=O)Cc2ccccc2)cc1. The summed E-state index contributed by atoms with van der Waals surface area (Å²) in [6.45, 7) is 0.391. The van der Waals surface area contributed by atoms with Gasteiger partial charge in [0.05, 0.1) is 10.6 Å². The molecule has 1 N–H and O–H groups in total. The van der Waals surface area contributed by atoms with Crippen LogP contribution in [-0.4, -0.2) is 14.8 Å². The third kappa shape index (κ3) is 3.68. The van der Waals surface area contributed by atoms with Crippen molar-refractivity contribution in [1.82, 2.24) is 5.32 Å². The smallest absolute Gasteiger partial charge is 0.207 e. The predicted molar refractivity (Wildman–Crippen MR) is 76.7 cm³/mol. The molecule has 0 saturated heterocycles. The summed E-state index contributed by atoms with van der Waals surface area (Å²) in [6, 6.07) is 15.6. The van der Waals surface area contributed by atoms with Crippen LogP contribution in [0.2, 0.25) is 0 Å². The fourth-order valence-corrected chi connectivity index (χ4v) is 3.20. The molecule has 0 bridgehead atoms. The van der Waals surface area contributed by atoms with E-state index in [-0.39, 0.29) is 10.6 Å². The van der Waals surface area contributed by atoms with E-state index in [0.717, 1.165) is 11.1 Å². The van der Waals surface area contributed by atoms with Gasteiger partial charge in [-0.1, -0.05) is 42.5 Å². The lowest BCUT2D eigenvalue weighted by atomic mass is 10.2. The van der Waals surface area contributed by atoms with E-state index in [0.29, 0.717) is 13.0 Å². The van der Waals surface area contributed by atoms with E-state index in [1.807, 2.05) is 18.2 Å². The first-order chi connectivity index (χ1) is 9.62. The van der Waals surface area contributed by atoms with Crippen LogP contribution in [0.5, 0.6) is 0 Å². The Hall–Kier alpha value is -2.14. The third-order valence-electron chi connectivity index (χ3n) is 2.87. The number of hydrogen-bond acceptors (Lipinski definition) is 3. The number of carbonyl (C=O) groups excluding carboxylic acids is 1. The van der Waals surface area contributed by atoms with Crippen LogP contribution in [0.3, 0.4) is 0 Å². The molecule has 0 spiro atoms. The van der Waals surface area contributed by atoms with E-state index >= 15 is 0 Å². The van der Waals surface area contributed by atoms with Gasteiger partial charge in [-0.3, -0.25) is 4.79 Å². The molecule has 2 aromatic rings. The molecule has 0 aliphatic heterocycles. The lowest BCUT2D eigenvalue weighted by Crippen LogP contribution is -2.10. The van der Waals surface area contributed by atoms with Crippen LogP contribution in [0, 0.1) is 0 Å². The first-order valence-corrected chi connectivity index (χ1v) is 7.80. The molecule has 0 aromatic heterocycles. The quantitative estimate of drug-likeness (QED) is 0.826. The van der Waals surface area contributed by atoms with Gasteiger partial charge < -0.3 is 5.32 Å². The van der Waals surface area contributed by atoms with E-state index in [2.05, 4.69) is 5.32 Å². The van der Waals surface area contributed by atoms with E-state index < -0.39 is 9.84 Å². The molecule has 104 valence electrons.